The number of hydrogen-bond donors (Lipinski definition) is 1. The Balaban J connectivity index is 1.62. The number of amides is 1. The molecule has 1 atom stereocenters. The number of rotatable bonds is 7. The lowest BCUT2D eigenvalue weighted by Gasteiger charge is -2.31. The van der Waals surface area contributed by atoms with E-state index in [-0.39, 0.29) is 24.1 Å². The van der Waals surface area contributed by atoms with E-state index >= 15 is 0 Å². The molecule has 3 rings (SSSR count). The molecule has 2 aromatic carbocycles. The molecule has 6 nitrogen and oxygen atoms in total. The third-order valence-corrected chi connectivity index (χ3v) is 6.87. The number of hydrogen-bond acceptors (Lipinski definition) is 4. The standard InChI is InChI=1S/C21H25ClN2O4S/c1-2-28-20-10-8-19(9-11-20)23-21(25)17-6-4-12-24(14-17)29(26,27)15-16-5-3-7-18(22)13-16/h3,5,7-11,13,17H,2,4,6,12,14-15H2,1H3,(H,23,25)/t17-/m0/s1. The van der Waals surface area contributed by atoms with Gasteiger partial charge in [0.2, 0.25) is 15.9 Å². The Kier molecular flexibility index (Phi) is 7.16. The Morgan fingerprint density at radius 2 is 2.00 bits per heavy atom. The van der Waals surface area contributed by atoms with Crippen molar-refractivity contribution in [1.82, 2.24) is 4.31 Å². The summed E-state index contributed by atoms with van der Waals surface area (Å²) in [5.74, 6) is 0.0589. The minimum absolute atomic E-state index is 0.124. The molecule has 0 aromatic heterocycles. The second kappa shape index (κ2) is 9.61. The summed E-state index contributed by atoms with van der Waals surface area (Å²) in [6, 6.07) is 14.0. The Morgan fingerprint density at radius 1 is 1.24 bits per heavy atom. The van der Waals surface area contributed by atoms with Crippen LogP contribution < -0.4 is 10.1 Å². The number of carbonyl (C=O) groups excluding carboxylic acids is 1. The fourth-order valence-electron chi connectivity index (χ4n) is 3.38. The van der Waals surface area contributed by atoms with Gasteiger partial charge in [0, 0.05) is 23.8 Å². The zero-order valence-electron chi connectivity index (χ0n) is 16.3. The van der Waals surface area contributed by atoms with Crippen molar-refractivity contribution < 1.29 is 17.9 Å². The summed E-state index contributed by atoms with van der Waals surface area (Å²) in [5.41, 5.74) is 1.30. The van der Waals surface area contributed by atoms with Gasteiger partial charge in [-0.3, -0.25) is 4.79 Å². The molecule has 1 amide bonds. The number of benzene rings is 2. The topological polar surface area (TPSA) is 75.7 Å². The van der Waals surface area contributed by atoms with Crippen LogP contribution in [-0.4, -0.2) is 38.3 Å². The van der Waals surface area contributed by atoms with Crippen LogP contribution in [0.25, 0.3) is 0 Å². The normalized spacial score (nSPS) is 17.7. The minimum Gasteiger partial charge on any atom is -0.494 e. The van der Waals surface area contributed by atoms with Gasteiger partial charge >= 0.3 is 0 Å². The molecule has 1 aliphatic heterocycles. The van der Waals surface area contributed by atoms with E-state index in [1.54, 1.807) is 48.5 Å². The van der Waals surface area contributed by atoms with Crippen LogP contribution in [0.15, 0.2) is 48.5 Å². The highest BCUT2D eigenvalue weighted by atomic mass is 35.5. The molecule has 29 heavy (non-hydrogen) atoms. The molecule has 0 aliphatic carbocycles. The van der Waals surface area contributed by atoms with Crippen LogP contribution in [0.3, 0.4) is 0 Å². The minimum atomic E-state index is -3.53. The Morgan fingerprint density at radius 3 is 2.69 bits per heavy atom. The first-order valence-corrected chi connectivity index (χ1v) is 11.6. The zero-order chi connectivity index (χ0) is 20.9. The van der Waals surface area contributed by atoms with Crippen molar-refractivity contribution in [3.8, 4) is 5.75 Å². The first-order chi connectivity index (χ1) is 13.9. The fourth-order valence-corrected chi connectivity index (χ4v) is 5.19. The van der Waals surface area contributed by atoms with Gasteiger partial charge in [-0.25, -0.2) is 12.7 Å². The number of piperidine rings is 1. The molecule has 2 aromatic rings. The Bertz CT molecular complexity index is 947. The van der Waals surface area contributed by atoms with Crippen molar-refractivity contribution in [2.75, 3.05) is 25.0 Å². The van der Waals surface area contributed by atoms with Gasteiger partial charge < -0.3 is 10.1 Å². The lowest BCUT2D eigenvalue weighted by molar-refractivity contribution is -0.120. The van der Waals surface area contributed by atoms with Crippen LogP contribution in [0.2, 0.25) is 5.02 Å². The van der Waals surface area contributed by atoms with E-state index in [4.69, 9.17) is 16.3 Å². The molecule has 1 heterocycles. The average molecular weight is 437 g/mol. The van der Waals surface area contributed by atoms with Crippen molar-refractivity contribution in [3.05, 3.63) is 59.1 Å². The highest BCUT2D eigenvalue weighted by Crippen LogP contribution is 2.24. The summed E-state index contributed by atoms with van der Waals surface area (Å²) >= 11 is 5.96. The average Bonchev–Trinajstić information content (AvgIpc) is 2.69. The van der Waals surface area contributed by atoms with Crippen molar-refractivity contribution in [2.45, 2.75) is 25.5 Å². The number of nitrogens with zero attached hydrogens (tertiary/aromatic N) is 1. The second-order valence-electron chi connectivity index (χ2n) is 7.03. The predicted molar refractivity (Wildman–Crippen MR) is 115 cm³/mol. The maximum absolute atomic E-state index is 12.8. The van der Waals surface area contributed by atoms with Crippen LogP contribution in [0, 0.1) is 5.92 Å². The summed E-state index contributed by atoms with van der Waals surface area (Å²) in [6.07, 6.45) is 1.31. The monoisotopic (exact) mass is 436 g/mol. The Hall–Kier alpha value is -2.09. The van der Waals surface area contributed by atoms with E-state index < -0.39 is 10.0 Å². The summed E-state index contributed by atoms with van der Waals surface area (Å²) in [4.78, 5) is 12.7. The van der Waals surface area contributed by atoms with Crippen LogP contribution in [0.4, 0.5) is 5.69 Å². The lowest BCUT2D eigenvalue weighted by Crippen LogP contribution is -2.44. The third-order valence-electron chi connectivity index (χ3n) is 4.82. The van der Waals surface area contributed by atoms with Crippen LogP contribution >= 0.6 is 11.6 Å². The summed E-state index contributed by atoms with van der Waals surface area (Å²) < 4.78 is 32.5. The van der Waals surface area contributed by atoms with Crippen molar-refractivity contribution in [1.29, 1.82) is 0 Å². The summed E-state index contributed by atoms with van der Waals surface area (Å²) in [7, 11) is -3.53. The maximum Gasteiger partial charge on any atom is 0.228 e. The molecule has 1 saturated heterocycles. The lowest BCUT2D eigenvalue weighted by atomic mass is 9.99. The van der Waals surface area contributed by atoms with Gasteiger partial charge in [0.15, 0.2) is 0 Å². The number of ether oxygens (including phenoxy) is 1. The smallest absolute Gasteiger partial charge is 0.228 e. The second-order valence-corrected chi connectivity index (χ2v) is 9.44. The number of nitrogens with one attached hydrogen (secondary N) is 1. The molecule has 0 unspecified atom stereocenters. The van der Waals surface area contributed by atoms with Crippen LogP contribution in [-0.2, 0) is 20.6 Å². The Labute approximate surface area is 176 Å². The van der Waals surface area contributed by atoms with E-state index in [9.17, 15) is 13.2 Å². The van der Waals surface area contributed by atoms with Crippen LogP contribution in [0.5, 0.6) is 5.75 Å². The van der Waals surface area contributed by atoms with Crippen molar-refractivity contribution >= 4 is 33.2 Å². The molecule has 0 spiro atoms. The molecule has 1 N–H and O–H groups in total. The van der Waals surface area contributed by atoms with E-state index in [1.807, 2.05) is 6.92 Å². The van der Waals surface area contributed by atoms with Gasteiger partial charge in [-0.1, -0.05) is 23.7 Å². The van der Waals surface area contributed by atoms with E-state index in [1.165, 1.54) is 4.31 Å². The third kappa shape index (κ3) is 5.95. The van der Waals surface area contributed by atoms with E-state index in [2.05, 4.69) is 5.32 Å². The summed E-state index contributed by atoms with van der Waals surface area (Å²) in [6.45, 7) is 3.10. The van der Waals surface area contributed by atoms with Crippen molar-refractivity contribution in [2.24, 2.45) is 5.92 Å². The van der Waals surface area contributed by atoms with E-state index in [0.29, 0.717) is 42.3 Å². The fraction of sp³-hybridized carbons (Fsp3) is 0.381. The van der Waals surface area contributed by atoms with Gasteiger partial charge in [-0.15, -0.1) is 0 Å². The van der Waals surface area contributed by atoms with Crippen molar-refractivity contribution in [3.63, 3.8) is 0 Å². The number of halogens is 1. The molecule has 1 fully saturated rings. The molecule has 0 saturated carbocycles. The molecule has 0 bridgehead atoms. The zero-order valence-corrected chi connectivity index (χ0v) is 17.9. The predicted octanol–water partition coefficient (Wildman–Crippen LogP) is 3.92. The molecule has 0 radical (unpaired) electrons. The first kappa shape index (κ1) is 21.6. The van der Waals surface area contributed by atoms with Gasteiger partial charge in [-0.2, -0.15) is 0 Å². The van der Waals surface area contributed by atoms with Crippen LogP contribution in [0.1, 0.15) is 25.3 Å². The molecule has 1 aliphatic rings. The quantitative estimate of drug-likeness (QED) is 0.713. The molecule has 8 heteroatoms. The van der Waals surface area contributed by atoms with E-state index in [0.717, 1.165) is 5.75 Å². The number of anilines is 1. The van der Waals surface area contributed by atoms with Gasteiger partial charge in [-0.05, 0) is 61.7 Å². The van der Waals surface area contributed by atoms with Gasteiger partial charge in [0.05, 0.1) is 18.3 Å². The molecular formula is C21H25ClN2O4S. The number of carbonyl (C=O) groups is 1. The van der Waals surface area contributed by atoms with Gasteiger partial charge in [0.25, 0.3) is 0 Å². The first-order valence-electron chi connectivity index (χ1n) is 9.63. The largest absolute Gasteiger partial charge is 0.494 e. The van der Waals surface area contributed by atoms with Gasteiger partial charge in [0.1, 0.15) is 5.75 Å². The summed E-state index contributed by atoms with van der Waals surface area (Å²) in [5, 5.41) is 3.38. The number of sulfonamides is 1. The highest BCUT2D eigenvalue weighted by Gasteiger charge is 2.32. The highest BCUT2D eigenvalue weighted by molar-refractivity contribution is 7.88. The molecule has 156 valence electrons. The maximum atomic E-state index is 12.8. The molecular weight excluding hydrogens is 412 g/mol. The SMILES string of the molecule is CCOc1ccc(NC(=O)[C@H]2CCCN(S(=O)(=O)Cc3cccc(Cl)c3)C2)cc1.